The Hall–Kier alpha value is -2.95. The zero-order valence-corrected chi connectivity index (χ0v) is 14.5. The molecule has 0 aliphatic heterocycles. The Morgan fingerprint density at radius 3 is 2.60 bits per heavy atom. The highest BCUT2D eigenvalue weighted by molar-refractivity contribution is 6.04. The molecule has 0 atom stereocenters. The molecule has 3 aromatic rings. The summed E-state index contributed by atoms with van der Waals surface area (Å²) in [7, 11) is 0. The second kappa shape index (κ2) is 6.89. The van der Waals surface area contributed by atoms with E-state index in [1.807, 2.05) is 39.0 Å². The standard InChI is InChI=1S/C20H20FN3O/c1-13-7-6-9-16(11-13)20(25)22-19-14(2)23-24(15(19)3)12-17-8-4-5-10-18(17)21/h4-11H,12H2,1-3H3,(H,22,25). The van der Waals surface area contributed by atoms with Gasteiger partial charge in [-0.1, -0.05) is 35.9 Å². The lowest BCUT2D eigenvalue weighted by molar-refractivity contribution is 0.102. The van der Waals surface area contributed by atoms with E-state index in [1.165, 1.54) is 6.07 Å². The highest BCUT2D eigenvalue weighted by atomic mass is 19.1. The fourth-order valence-electron chi connectivity index (χ4n) is 2.79. The van der Waals surface area contributed by atoms with Crippen molar-refractivity contribution in [2.45, 2.75) is 27.3 Å². The number of anilines is 1. The quantitative estimate of drug-likeness (QED) is 0.774. The third-order valence-corrected chi connectivity index (χ3v) is 4.18. The summed E-state index contributed by atoms with van der Waals surface area (Å²) in [6.07, 6.45) is 0. The molecule has 3 rings (SSSR count). The lowest BCUT2D eigenvalue weighted by atomic mass is 10.1. The molecule has 0 radical (unpaired) electrons. The van der Waals surface area contributed by atoms with Crippen molar-refractivity contribution in [3.63, 3.8) is 0 Å². The van der Waals surface area contributed by atoms with Gasteiger partial charge in [-0.15, -0.1) is 0 Å². The van der Waals surface area contributed by atoms with Crippen molar-refractivity contribution in [2.24, 2.45) is 0 Å². The monoisotopic (exact) mass is 337 g/mol. The first-order valence-corrected chi connectivity index (χ1v) is 8.11. The van der Waals surface area contributed by atoms with Crippen molar-refractivity contribution in [2.75, 3.05) is 5.32 Å². The molecule has 1 heterocycles. The van der Waals surface area contributed by atoms with Crippen LogP contribution >= 0.6 is 0 Å². The van der Waals surface area contributed by atoms with Gasteiger partial charge in [0, 0.05) is 11.1 Å². The predicted octanol–water partition coefficient (Wildman–Crippen LogP) is 4.25. The second-order valence-electron chi connectivity index (χ2n) is 6.12. The van der Waals surface area contributed by atoms with Gasteiger partial charge in [0.2, 0.25) is 0 Å². The average Bonchev–Trinajstić information content (AvgIpc) is 2.84. The minimum absolute atomic E-state index is 0.180. The van der Waals surface area contributed by atoms with Gasteiger partial charge in [0.25, 0.3) is 5.91 Å². The number of hydrogen-bond acceptors (Lipinski definition) is 2. The van der Waals surface area contributed by atoms with Crippen LogP contribution in [-0.4, -0.2) is 15.7 Å². The molecule has 1 N–H and O–H groups in total. The number of benzene rings is 2. The van der Waals surface area contributed by atoms with Gasteiger partial charge in [-0.25, -0.2) is 4.39 Å². The highest BCUT2D eigenvalue weighted by Crippen LogP contribution is 2.22. The molecule has 0 aliphatic carbocycles. The van der Waals surface area contributed by atoms with E-state index in [2.05, 4.69) is 10.4 Å². The van der Waals surface area contributed by atoms with Crippen LogP contribution in [0.1, 0.15) is 32.9 Å². The number of nitrogens with zero attached hydrogens (tertiary/aromatic N) is 2. The number of rotatable bonds is 4. The average molecular weight is 337 g/mol. The van der Waals surface area contributed by atoms with Crippen molar-refractivity contribution < 1.29 is 9.18 Å². The van der Waals surface area contributed by atoms with E-state index in [9.17, 15) is 9.18 Å². The van der Waals surface area contributed by atoms with Gasteiger partial charge in [-0.3, -0.25) is 9.48 Å². The molecule has 1 amide bonds. The Bertz CT molecular complexity index is 930. The molecular weight excluding hydrogens is 317 g/mol. The fraction of sp³-hybridized carbons (Fsp3) is 0.200. The molecule has 0 saturated carbocycles. The van der Waals surface area contributed by atoms with Crippen LogP contribution in [0.2, 0.25) is 0 Å². The van der Waals surface area contributed by atoms with Crippen LogP contribution in [-0.2, 0) is 6.54 Å². The van der Waals surface area contributed by atoms with Gasteiger partial charge in [0.15, 0.2) is 0 Å². The van der Waals surface area contributed by atoms with E-state index in [-0.39, 0.29) is 11.7 Å². The third-order valence-electron chi connectivity index (χ3n) is 4.18. The van der Waals surface area contributed by atoms with E-state index < -0.39 is 0 Å². The molecule has 0 spiro atoms. The largest absolute Gasteiger partial charge is 0.319 e. The first-order chi connectivity index (χ1) is 12.0. The van der Waals surface area contributed by atoms with Crippen molar-refractivity contribution in [1.29, 1.82) is 0 Å². The lowest BCUT2D eigenvalue weighted by Gasteiger charge is -2.08. The van der Waals surface area contributed by atoms with Crippen LogP contribution in [0.5, 0.6) is 0 Å². The molecule has 25 heavy (non-hydrogen) atoms. The molecule has 128 valence electrons. The number of amides is 1. The second-order valence-corrected chi connectivity index (χ2v) is 6.12. The summed E-state index contributed by atoms with van der Waals surface area (Å²) in [5.74, 6) is -0.444. The summed E-state index contributed by atoms with van der Waals surface area (Å²) in [5.41, 5.74) is 4.35. The van der Waals surface area contributed by atoms with E-state index in [0.29, 0.717) is 29.1 Å². The Labute approximate surface area is 146 Å². The first kappa shape index (κ1) is 16.9. The number of hydrogen-bond donors (Lipinski definition) is 1. The van der Waals surface area contributed by atoms with Crippen LogP contribution in [0.25, 0.3) is 0 Å². The topological polar surface area (TPSA) is 46.9 Å². The molecule has 0 bridgehead atoms. The maximum atomic E-state index is 13.9. The molecule has 5 heteroatoms. The Balaban J connectivity index is 1.85. The van der Waals surface area contributed by atoms with Gasteiger partial charge in [0.1, 0.15) is 5.82 Å². The summed E-state index contributed by atoms with van der Waals surface area (Å²) in [6.45, 7) is 5.96. The zero-order chi connectivity index (χ0) is 18.0. The molecule has 1 aromatic heterocycles. The summed E-state index contributed by atoms with van der Waals surface area (Å²) < 4.78 is 15.6. The van der Waals surface area contributed by atoms with E-state index in [1.54, 1.807) is 28.9 Å². The molecule has 0 unspecified atom stereocenters. The highest BCUT2D eigenvalue weighted by Gasteiger charge is 2.16. The minimum Gasteiger partial charge on any atom is -0.319 e. The molecule has 0 fully saturated rings. The van der Waals surface area contributed by atoms with E-state index in [4.69, 9.17) is 0 Å². The zero-order valence-electron chi connectivity index (χ0n) is 14.5. The number of nitrogens with one attached hydrogen (secondary N) is 1. The SMILES string of the molecule is Cc1cccc(C(=O)Nc2c(C)nn(Cc3ccccc3F)c2C)c1. The van der Waals surface area contributed by atoms with Crippen molar-refractivity contribution in [3.05, 3.63) is 82.4 Å². The maximum absolute atomic E-state index is 13.9. The van der Waals surface area contributed by atoms with E-state index in [0.717, 1.165) is 11.3 Å². The van der Waals surface area contributed by atoms with Gasteiger partial charge in [0.05, 0.1) is 23.6 Å². The summed E-state index contributed by atoms with van der Waals surface area (Å²) in [4.78, 5) is 12.5. The normalized spacial score (nSPS) is 10.7. The van der Waals surface area contributed by atoms with Crippen molar-refractivity contribution in [1.82, 2.24) is 9.78 Å². The van der Waals surface area contributed by atoms with Crippen LogP contribution in [0.3, 0.4) is 0 Å². The Kier molecular flexibility index (Phi) is 4.65. The van der Waals surface area contributed by atoms with Gasteiger partial charge in [-0.2, -0.15) is 5.10 Å². The van der Waals surface area contributed by atoms with Crippen molar-refractivity contribution >= 4 is 11.6 Å². The Morgan fingerprint density at radius 1 is 1.12 bits per heavy atom. The smallest absolute Gasteiger partial charge is 0.255 e. The minimum atomic E-state index is -0.264. The number of carbonyl (C=O) groups is 1. The molecular formula is C20H20FN3O. The van der Waals surface area contributed by atoms with Crippen LogP contribution in [0.4, 0.5) is 10.1 Å². The Morgan fingerprint density at radius 2 is 1.88 bits per heavy atom. The summed E-state index contributed by atoms with van der Waals surface area (Å²) in [5, 5.41) is 7.37. The van der Waals surface area contributed by atoms with Gasteiger partial charge in [-0.05, 0) is 39.0 Å². The summed E-state index contributed by atoms with van der Waals surface area (Å²) in [6, 6.07) is 14.0. The van der Waals surface area contributed by atoms with Crippen LogP contribution < -0.4 is 5.32 Å². The molecule has 2 aromatic carbocycles. The van der Waals surface area contributed by atoms with E-state index >= 15 is 0 Å². The summed E-state index contributed by atoms with van der Waals surface area (Å²) >= 11 is 0. The van der Waals surface area contributed by atoms with Crippen LogP contribution in [0.15, 0.2) is 48.5 Å². The number of aromatic nitrogens is 2. The fourth-order valence-corrected chi connectivity index (χ4v) is 2.79. The number of carbonyl (C=O) groups excluding carboxylic acids is 1. The molecule has 0 saturated heterocycles. The predicted molar refractivity (Wildman–Crippen MR) is 96.3 cm³/mol. The lowest BCUT2D eigenvalue weighted by Crippen LogP contribution is -2.13. The number of aryl methyl sites for hydroxylation is 2. The third kappa shape index (κ3) is 3.60. The van der Waals surface area contributed by atoms with Crippen LogP contribution in [0, 0.1) is 26.6 Å². The van der Waals surface area contributed by atoms with Crippen molar-refractivity contribution in [3.8, 4) is 0 Å². The first-order valence-electron chi connectivity index (χ1n) is 8.11. The van der Waals surface area contributed by atoms with Gasteiger partial charge >= 0.3 is 0 Å². The molecule has 0 aliphatic rings. The van der Waals surface area contributed by atoms with Gasteiger partial charge < -0.3 is 5.32 Å². The maximum Gasteiger partial charge on any atom is 0.255 e. The molecule has 4 nitrogen and oxygen atoms in total. The number of halogens is 1.